The largest absolute Gasteiger partial charge is 0.378 e. The highest BCUT2D eigenvalue weighted by molar-refractivity contribution is 8.14. The molecular weight excluding hydrogens is 260 g/mol. The number of thioether (sulfide) groups is 1. The standard InChI is InChI=1S/C10H16N2O5S/c13-8-5-17-6-10(15)18-7-9(14)12-2-4-16-3-1-11-8/h1-7H2,(H,11,13)(H,12,14). The summed E-state index contributed by atoms with van der Waals surface area (Å²) < 4.78 is 10.1. The highest BCUT2D eigenvalue weighted by Gasteiger charge is 2.09. The Labute approximate surface area is 109 Å². The molecule has 0 aromatic carbocycles. The number of carbonyl (C=O) groups excluding carboxylic acids is 3. The summed E-state index contributed by atoms with van der Waals surface area (Å²) in [7, 11) is 0. The molecule has 1 fully saturated rings. The number of amides is 2. The Morgan fingerprint density at radius 3 is 2.28 bits per heavy atom. The van der Waals surface area contributed by atoms with E-state index >= 15 is 0 Å². The minimum absolute atomic E-state index is 0.0500. The van der Waals surface area contributed by atoms with E-state index in [2.05, 4.69) is 10.6 Å². The molecule has 0 spiro atoms. The maximum Gasteiger partial charge on any atom is 0.246 e. The quantitative estimate of drug-likeness (QED) is 0.561. The molecule has 18 heavy (non-hydrogen) atoms. The molecule has 7 nitrogen and oxygen atoms in total. The fourth-order valence-corrected chi connectivity index (χ4v) is 1.70. The van der Waals surface area contributed by atoms with Crippen LogP contribution >= 0.6 is 11.8 Å². The van der Waals surface area contributed by atoms with Gasteiger partial charge >= 0.3 is 0 Å². The van der Waals surface area contributed by atoms with E-state index in [1.54, 1.807) is 0 Å². The van der Waals surface area contributed by atoms with Crippen LogP contribution in [0.25, 0.3) is 0 Å². The number of ether oxygens (including phenoxy) is 2. The van der Waals surface area contributed by atoms with Gasteiger partial charge < -0.3 is 20.1 Å². The Morgan fingerprint density at radius 2 is 1.56 bits per heavy atom. The van der Waals surface area contributed by atoms with E-state index in [1.807, 2.05) is 0 Å². The summed E-state index contributed by atoms with van der Waals surface area (Å²) in [6.45, 7) is 1.16. The van der Waals surface area contributed by atoms with Gasteiger partial charge in [0.15, 0.2) is 0 Å². The number of rotatable bonds is 0. The first kappa shape index (κ1) is 14.9. The van der Waals surface area contributed by atoms with Crippen LogP contribution in [0.3, 0.4) is 0 Å². The van der Waals surface area contributed by atoms with Crippen LogP contribution in [0.4, 0.5) is 0 Å². The lowest BCUT2D eigenvalue weighted by atomic mass is 10.5. The van der Waals surface area contributed by atoms with Crippen LogP contribution in [0.2, 0.25) is 0 Å². The van der Waals surface area contributed by atoms with Gasteiger partial charge in [0.05, 0.1) is 19.0 Å². The summed E-state index contributed by atoms with van der Waals surface area (Å²) in [5.41, 5.74) is 0. The molecule has 0 radical (unpaired) electrons. The maximum atomic E-state index is 11.3. The van der Waals surface area contributed by atoms with Gasteiger partial charge in [-0.3, -0.25) is 14.4 Å². The van der Waals surface area contributed by atoms with E-state index in [-0.39, 0.29) is 35.9 Å². The molecular formula is C10H16N2O5S. The molecule has 0 saturated carbocycles. The first-order chi connectivity index (χ1) is 8.68. The molecule has 2 amide bonds. The third-order valence-electron chi connectivity index (χ3n) is 1.95. The van der Waals surface area contributed by atoms with Crippen molar-refractivity contribution in [3.63, 3.8) is 0 Å². The molecule has 1 saturated heterocycles. The highest BCUT2D eigenvalue weighted by atomic mass is 32.2. The van der Waals surface area contributed by atoms with Gasteiger partial charge in [0.2, 0.25) is 16.9 Å². The second-order valence-electron chi connectivity index (χ2n) is 3.47. The van der Waals surface area contributed by atoms with E-state index in [9.17, 15) is 14.4 Å². The van der Waals surface area contributed by atoms with E-state index in [0.29, 0.717) is 26.3 Å². The maximum absolute atomic E-state index is 11.3. The average Bonchev–Trinajstić information content (AvgIpc) is 2.34. The summed E-state index contributed by atoms with van der Waals surface area (Å²) in [6.07, 6.45) is 0. The van der Waals surface area contributed by atoms with Gasteiger partial charge in [0.25, 0.3) is 0 Å². The van der Waals surface area contributed by atoms with Gasteiger partial charge in [-0.2, -0.15) is 0 Å². The van der Waals surface area contributed by atoms with Crippen LogP contribution in [0, 0.1) is 0 Å². The van der Waals surface area contributed by atoms with E-state index in [0.717, 1.165) is 11.8 Å². The van der Waals surface area contributed by atoms with Crippen LogP contribution in [0.15, 0.2) is 0 Å². The third-order valence-corrected chi connectivity index (χ3v) is 2.80. The summed E-state index contributed by atoms with van der Waals surface area (Å²) in [5, 5.41) is 4.92. The number of hydrogen-bond acceptors (Lipinski definition) is 6. The summed E-state index contributed by atoms with van der Waals surface area (Å²) in [4.78, 5) is 33.7. The number of nitrogens with one attached hydrogen (secondary N) is 2. The van der Waals surface area contributed by atoms with Gasteiger partial charge in [-0.25, -0.2) is 0 Å². The summed E-state index contributed by atoms with van der Waals surface area (Å²) in [5.74, 6) is -0.463. The predicted octanol–water partition coefficient (Wildman–Crippen LogP) is -1.47. The van der Waals surface area contributed by atoms with Gasteiger partial charge in [-0.15, -0.1) is 0 Å². The van der Waals surface area contributed by atoms with Gasteiger partial charge in [-0.05, 0) is 0 Å². The van der Waals surface area contributed by atoms with Crippen molar-refractivity contribution in [2.45, 2.75) is 0 Å². The monoisotopic (exact) mass is 276 g/mol. The third kappa shape index (κ3) is 7.25. The molecule has 0 aliphatic carbocycles. The zero-order valence-corrected chi connectivity index (χ0v) is 10.7. The fraction of sp³-hybridized carbons (Fsp3) is 0.700. The van der Waals surface area contributed by atoms with Crippen molar-refractivity contribution in [3.05, 3.63) is 0 Å². The molecule has 102 valence electrons. The molecule has 0 atom stereocenters. The Hall–Kier alpha value is -1.12. The topological polar surface area (TPSA) is 93.7 Å². The average molecular weight is 276 g/mol. The van der Waals surface area contributed by atoms with Crippen molar-refractivity contribution < 1.29 is 23.9 Å². The minimum Gasteiger partial charge on any atom is -0.378 e. The second-order valence-corrected chi connectivity index (χ2v) is 4.50. The normalized spacial score (nSPS) is 21.4. The van der Waals surface area contributed by atoms with Crippen LogP contribution in [0.1, 0.15) is 0 Å². The molecule has 1 aliphatic rings. The van der Waals surface area contributed by atoms with Gasteiger partial charge in [0.1, 0.15) is 13.2 Å². The van der Waals surface area contributed by atoms with Crippen molar-refractivity contribution in [2.75, 3.05) is 45.3 Å². The summed E-state index contributed by atoms with van der Waals surface area (Å²) in [6, 6.07) is 0. The molecule has 1 aliphatic heterocycles. The Morgan fingerprint density at radius 1 is 0.889 bits per heavy atom. The van der Waals surface area contributed by atoms with Gasteiger partial charge in [-0.1, -0.05) is 11.8 Å². The smallest absolute Gasteiger partial charge is 0.246 e. The first-order valence-electron chi connectivity index (χ1n) is 5.53. The van der Waals surface area contributed by atoms with E-state index in [4.69, 9.17) is 9.47 Å². The lowest BCUT2D eigenvalue weighted by Gasteiger charge is -2.06. The zero-order chi connectivity index (χ0) is 13.2. The van der Waals surface area contributed by atoms with Crippen molar-refractivity contribution in [1.29, 1.82) is 0 Å². The molecule has 0 unspecified atom stereocenters. The number of carbonyl (C=O) groups is 3. The Balaban J connectivity index is 2.35. The predicted molar refractivity (Wildman–Crippen MR) is 65.1 cm³/mol. The SMILES string of the molecule is O=C1COCC(=O)SCC(=O)NCCOCCN1. The van der Waals surface area contributed by atoms with E-state index < -0.39 is 0 Å². The second kappa shape index (κ2) is 8.90. The van der Waals surface area contributed by atoms with Crippen molar-refractivity contribution in [1.82, 2.24) is 10.6 Å². The van der Waals surface area contributed by atoms with Crippen molar-refractivity contribution >= 4 is 28.7 Å². The van der Waals surface area contributed by atoms with Crippen LogP contribution in [-0.4, -0.2) is 62.2 Å². The lowest BCUT2D eigenvalue weighted by Crippen LogP contribution is -2.32. The summed E-state index contributed by atoms with van der Waals surface area (Å²) >= 11 is 0.869. The van der Waals surface area contributed by atoms with Crippen molar-refractivity contribution in [3.8, 4) is 0 Å². The fourth-order valence-electron chi connectivity index (χ4n) is 1.14. The molecule has 0 bridgehead atoms. The highest BCUT2D eigenvalue weighted by Crippen LogP contribution is 2.01. The zero-order valence-electron chi connectivity index (χ0n) is 9.90. The Bertz CT molecular complexity index is 311. The molecule has 0 aromatic rings. The van der Waals surface area contributed by atoms with Crippen LogP contribution in [-0.2, 0) is 23.9 Å². The van der Waals surface area contributed by atoms with Crippen LogP contribution in [0.5, 0.6) is 0 Å². The first-order valence-corrected chi connectivity index (χ1v) is 6.51. The molecule has 8 heteroatoms. The van der Waals surface area contributed by atoms with Crippen molar-refractivity contribution in [2.24, 2.45) is 0 Å². The Kier molecular flexibility index (Phi) is 7.38. The van der Waals surface area contributed by atoms with Gasteiger partial charge in [0, 0.05) is 13.1 Å². The number of hydrogen-bond donors (Lipinski definition) is 2. The van der Waals surface area contributed by atoms with E-state index in [1.165, 1.54) is 0 Å². The molecule has 1 rings (SSSR count). The van der Waals surface area contributed by atoms with Crippen LogP contribution < -0.4 is 10.6 Å². The molecule has 0 aromatic heterocycles. The minimum atomic E-state index is -0.291. The lowest BCUT2D eigenvalue weighted by molar-refractivity contribution is -0.127. The molecule has 1 heterocycles. The molecule has 2 N–H and O–H groups in total.